The number of amides is 1. The lowest BCUT2D eigenvalue weighted by Gasteiger charge is -2.06. The van der Waals surface area contributed by atoms with Crippen LogP contribution in [0, 0.1) is 0 Å². The molecule has 0 fully saturated rings. The number of nitrogens with zero attached hydrogens (tertiary/aromatic N) is 1. The summed E-state index contributed by atoms with van der Waals surface area (Å²) in [5.41, 5.74) is 2.26. The van der Waals surface area contributed by atoms with Crippen molar-refractivity contribution in [3.05, 3.63) is 83.2 Å². The summed E-state index contributed by atoms with van der Waals surface area (Å²) in [6, 6.07) is 13.6. The number of hydrogen-bond donors (Lipinski definition) is 2. The molecule has 0 aliphatic carbocycles. The molecule has 0 atom stereocenters. The number of Topliss-reactive ketones (excluding diaryl/α,β-unsaturated/α-hetero) is 1. The zero-order chi connectivity index (χ0) is 21.3. The predicted octanol–water partition coefficient (Wildman–Crippen LogP) is 2.13. The van der Waals surface area contributed by atoms with Crippen molar-refractivity contribution in [2.24, 2.45) is 0 Å². The zero-order valence-corrected chi connectivity index (χ0v) is 15.6. The van der Waals surface area contributed by atoms with Gasteiger partial charge in [0.1, 0.15) is 6.61 Å². The van der Waals surface area contributed by atoms with Crippen molar-refractivity contribution in [1.29, 1.82) is 0 Å². The molecule has 2 aromatic carbocycles. The number of cyclic esters (lactones) is 1. The van der Waals surface area contributed by atoms with Crippen LogP contribution in [-0.4, -0.2) is 39.9 Å². The third-order valence-electron chi connectivity index (χ3n) is 4.73. The number of aromatic carboxylic acids is 1. The van der Waals surface area contributed by atoms with E-state index in [1.54, 1.807) is 30.5 Å². The molecule has 1 aromatic heterocycles. The largest absolute Gasteiger partial charge is 0.478 e. The number of aromatic nitrogens is 1. The standard InChI is InChI=1S/C22H16N2O6/c25-19-9-15(12-30-19)23-21(27)20(26)17-11-24(18-4-2-1-3-16(17)18)10-13-5-7-14(8-6-13)22(28)29/h1-9,11H,10,12H2,(H,23,27)(H,28,29). The second kappa shape index (κ2) is 7.67. The van der Waals surface area contributed by atoms with E-state index in [0.717, 1.165) is 17.2 Å². The number of nitrogens with one attached hydrogen (secondary N) is 1. The lowest BCUT2D eigenvalue weighted by molar-refractivity contribution is -0.135. The normalized spacial score (nSPS) is 13.1. The lowest BCUT2D eigenvalue weighted by atomic mass is 10.1. The Kier molecular flexibility index (Phi) is 4.89. The Morgan fingerprint density at radius 2 is 1.80 bits per heavy atom. The molecule has 0 radical (unpaired) electrons. The van der Waals surface area contributed by atoms with Crippen LogP contribution in [0.3, 0.4) is 0 Å². The van der Waals surface area contributed by atoms with Crippen molar-refractivity contribution in [2.75, 3.05) is 6.61 Å². The molecule has 0 spiro atoms. The van der Waals surface area contributed by atoms with Gasteiger partial charge in [0.2, 0.25) is 0 Å². The van der Waals surface area contributed by atoms with Crippen LogP contribution < -0.4 is 5.32 Å². The summed E-state index contributed by atoms with van der Waals surface area (Å²) in [5.74, 6) is -3.15. The van der Waals surface area contributed by atoms with Gasteiger partial charge in [0.05, 0.1) is 16.8 Å². The van der Waals surface area contributed by atoms with Crippen molar-refractivity contribution in [1.82, 2.24) is 9.88 Å². The summed E-state index contributed by atoms with van der Waals surface area (Å²) in [7, 11) is 0. The van der Waals surface area contributed by atoms with E-state index < -0.39 is 23.6 Å². The molecule has 30 heavy (non-hydrogen) atoms. The molecule has 1 aliphatic heterocycles. The van der Waals surface area contributed by atoms with E-state index in [9.17, 15) is 19.2 Å². The van der Waals surface area contributed by atoms with Crippen molar-refractivity contribution >= 4 is 34.5 Å². The molecule has 1 aliphatic rings. The number of esters is 1. The van der Waals surface area contributed by atoms with Crippen molar-refractivity contribution in [3.63, 3.8) is 0 Å². The van der Waals surface area contributed by atoms with Gasteiger partial charge in [0.25, 0.3) is 11.7 Å². The van der Waals surface area contributed by atoms with Gasteiger partial charge in [-0.3, -0.25) is 9.59 Å². The molecule has 0 saturated heterocycles. The lowest BCUT2D eigenvalue weighted by Crippen LogP contribution is -2.31. The van der Waals surface area contributed by atoms with Crippen LogP contribution in [-0.2, 0) is 20.9 Å². The van der Waals surface area contributed by atoms with Gasteiger partial charge in [-0.15, -0.1) is 0 Å². The molecule has 3 aromatic rings. The number of benzene rings is 2. The van der Waals surface area contributed by atoms with Crippen molar-refractivity contribution in [3.8, 4) is 0 Å². The maximum atomic E-state index is 12.8. The predicted molar refractivity (Wildman–Crippen MR) is 106 cm³/mol. The summed E-state index contributed by atoms with van der Waals surface area (Å²) in [6.45, 7) is 0.314. The molecule has 150 valence electrons. The van der Waals surface area contributed by atoms with E-state index in [4.69, 9.17) is 9.84 Å². The van der Waals surface area contributed by atoms with Gasteiger partial charge >= 0.3 is 11.9 Å². The third kappa shape index (κ3) is 3.70. The number of hydrogen-bond acceptors (Lipinski definition) is 5. The van der Waals surface area contributed by atoms with Gasteiger partial charge in [-0.05, 0) is 23.8 Å². The minimum Gasteiger partial charge on any atom is -0.478 e. The summed E-state index contributed by atoms with van der Waals surface area (Å²) in [4.78, 5) is 47.3. The van der Waals surface area contributed by atoms with Crippen LogP contribution in [0.5, 0.6) is 0 Å². The molecule has 1 amide bonds. The van der Waals surface area contributed by atoms with Gasteiger partial charge in [-0.1, -0.05) is 30.3 Å². The first-order valence-corrected chi connectivity index (χ1v) is 9.05. The second-order valence-electron chi connectivity index (χ2n) is 6.75. The fourth-order valence-electron chi connectivity index (χ4n) is 3.28. The number of rotatable bonds is 6. The summed E-state index contributed by atoms with van der Waals surface area (Å²) < 4.78 is 6.54. The summed E-state index contributed by atoms with van der Waals surface area (Å²) in [5, 5.41) is 12.1. The Bertz CT molecular complexity index is 1220. The topological polar surface area (TPSA) is 115 Å². The molecule has 8 nitrogen and oxygen atoms in total. The molecular formula is C22H16N2O6. The zero-order valence-electron chi connectivity index (χ0n) is 15.6. The van der Waals surface area contributed by atoms with Crippen LogP contribution in [0.2, 0.25) is 0 Å². The van der Waals surface area contributed by atoms with E-state index in [1.165, 1.54) is 12.1 Å². The Morgan fingerprint density at radius 3 is 2.47 bits per heavy atom. The number of carboxylic acids is 1. The monoisotopic (exact) mass is 404 g/mol. The highest BCUT2D eigenvalue weighted by Gasteiger charge is 2.24. The quantitative estimate of drug-likeness (QED) is 0.370. The molecule has 0 unspecified atom stereocenters. The molecular weight excluding hydrogens is 388 g/mol. The molecule has 0 saturated carbocycles. The Balaban J connectivity index is 1.62. The van der Waals surface area contributed by atoms with E-state index in [-0.39, 0.29) is 23.4 Å². The second-order valence-corrected chi connectivity index (χ2v) is 6.75. The van der Waals surface area contributed by atoms with Crippen LogP contribution in [0.15, 0.2) is 66.5 Å². The number of carbonyl (C=O) groups is 4. The Morgan fingerprint density at radius 1 is 1.07 bits per heavy atom. The fraction of sp³-hybridized carbons (Fsp3) is 0.0909. The molecule has 4 rings (SSSR count). The molecule has 2 N–H and O–H groups in total. The number of carboxylic acid groups (broad SMARTS) is 1. The number of ketones is 1. The van der Waals surface area contributed by atoms with Crippen LogP contribution in [0.25, 0.3) is 10.9 Å². The van der Waals surface area contributed by atoms with Crippen molar-refractivity contribution < 1.29 is 29.0 Å². The summed E-state index contributed by atoms with van der Waals surface area (Å²) >= 11 is 0. The fourth-order valence-corrected chi connectivity index (χ4v) is 3.28. The minimum atomic E-state index is -1.00. The highest BCUT2D eigenvalue weighted by atomic mass is 16.5. The van der Waals surface area contributed by atoms with Crippen LogP contribution >= 0.6 is 0 Å². The van der Waals surface area contributed by atoms with Gasteiger partial charge < -0.3 is 19.7 Å². The first-order chi connectivity index (χ1) is 14.4. The van der Waals surface area contributed by atoms with E-state index in [2.05, 4.69) is 5.32 Å². The SMILES string of the molecule is O=C1C=C(NC(=O)C(=O)c2cn(Cc3ccc(C(=O)O)cc3)c3ccccc23)CO1. The first-order valence-electron chi connectivity index (χ1n) is 9.05. The van der Waals surface area contributed by atoms with E-state index >= 15 is 0 Å². The van der Waals surface area contributed by atoms with E-state index in [0.29, 0.717) is 11.9 Å². The molecule has 8 heteroatoms. The average molecular weight is 404 g/mol. The number of para-hydroxylation sites is 1. The van der Waals surface area contributed by atoms with Crippen molar-refractivity contribution in [2.45, 2.75) is 6.54 Å². The number of fused-ring (bicyclic) bond motifs is 1. The maximum absolute atomic E-state index is 12.8. The maximum Gasteiger partial charge on any atom is 0.335 e. The highest BCUT2D eigenvalue weighted by molar-refractivity contribution is 6.45. The third-order valence-corrected chi connectivity index (χ3v) is 4.73. The van der Waals surface area contributed by atoms with Crippen LogP contribution in [0.4, 0.5) is 0 Å². The smallest absolute Gasteiger partial charge is 0.335 e. The Labute approximate surface area is 170 Å². The van der Waals surface area contributed by atoms with Gasteiger partial charge in [-0.2, -0.15) is 0 Å². The number of ether oxygens (including phenoxy) is 1. The van der Waals surface area contributed by atoms with Crippen LogP contribution in [0.1, 0.15) is 26.3 Å². The average Bonchev–Trinajstić information content (AvgIpc) is 3.31. The van der Waals surface area contributed by atoms with Gasteiger partial charge in [0.15, 0.2) is 0 Å². The van der Waals surface area contributed by atoms with Gasteiger partial charge in [-0.25, -0.2) is 9.59 Å². The number of carbonyl (C=O) groups excluding carboxylic acids is 3. The molecule has 0 bridgehead atoms. The van der Waals surface area contributed by atoms with E-state index in [1.807, 2.05) is 16.7 Å². The van der Waals surface area contributed by atoms with Gasteiger partial charge in [0, 0.05) is 29.7 Å². The highest BCUT2D eigenvalue weighted by Crippen LogP contribution is 2.23. The molecule has 2 heterocycles. The minimum absolute atomic E-state index is 0.0774. The summed E-state index contributed by atoms with van der Waals surface area (Å²) in [6.07, 6.45) is 2.73. The Hall–Kier alpha value is -4.20. The first kappa shape index (κ1) is 19.1.